The fourth-order valence-corrected chi connectivity index (χ4v) is 1.71. The summed E-state index contributed by atoms with van der Waals surface area (Å²) in [7, 11) is 0. The van der Waals surface area contributed by atoms with E-state index in [9.17, 15) is 5.11 Å². The van der Waals surface area contributed by atoms with Crippen LogP contribution in [0.25, 0.3) is 0 Å². The maximum absolute atomic E-state index is 9.64. The minimum absolute atomic E-state index is 0.199. The molecule has 0 radical (unpaired) electrons. The van der Waals surface area contributed by atoms with Crippen LogP contribution in [-0.4, -0.2) is 10.1 Å². The van der Waals surface area contributed by atoms with Crippen molar-refractivity contribution in [3.63, 3.8) is 0 Å². The fraction of sp³-hybridized carbons (Fsp3) is 0.154. The lowest BCUT2D eigenvalue weighted by atomic mass is 10.2. The summed E-state index contributed by atoms with van der Waals surface area (Å²) in [6.45, 7) is 2.36. The molecule has 0 fully saturated rings. The Labute approximate surface area is 105 Å². The van der Waals surface area contributed by atoms with Gasteiger partial charge in [0.25, 0.3) is 0 Å². The first-order chi connectivity index (χ1) is 8.15. The topological polar surface area (TPSA) is 45.1 Å². The number of anilines is 1. The fourth-order valence-electron chi connectivity index (χ4n) is 1.52. The highest BCUT2D eigenvalue weighted by Gasteiger charge is 2.03. The van der Waals surface area contributed by atoms with E-state index < -0.39 is 0 Å². The van der Waals surface area contributed by atoms with Gasteiger partial charge in [0.1, 0.15) is 11.4 Å². The highest BCUT2D eigenvalue weighted by Crippen LogP contribution is 2.18. The number of hydrogen-bond donors (Lipinski definition) is 2. The molecule has 1 heterocycles. The maximum atomic E-state index is 9.64. The summed E-state index contributed by atoms with van der Waals surface area (Å²) in [4.78, 5) is 4.26. The van der Waals surface area contributed by atoms with Crippen LogP contribution in [0, 0.1) is 6.92 Å². The van der Waals surface area contributed by atoms with Gasteiger partial charge < -0.3 is 10.4 Å². The molecule has 4 heteroatoms. The molecule has 2 aromatic rings. The van der Waals surface area contributed by atoms with Gasteiger partial charge in [0.15, 0.2) is 0 Å². The molecule has 2 N–H and O–H groups in total. The Morgan fingerprint density at radius 2 is 2.12 bits per heavy atom. The number of rotatable bonds is 3. The normalized spacial score (nSPS) is 10.2. The van der Waals surface area contributed by atoms with Gasteiger partial charge in [-0.2, -0.15) is 0 Å². The average molecular weight is 249 g/mol. The molecule has 3 nitrogen and oxygen atoms in total. The molecule has 0 aliphatic rings. The molecular formula is C13H13ClN2O. The molecule has 17 heavy (non-hydrogen) atoms. The molecule has 88 valence electrons. The lowest BCUT2D eigenvalue weighted by Crippen LogP contribution is -2.02. The van der Waals surface area contributed by atoms with Crippen molar-refractivity contribution in [2.45, 2.75) is 13.5 Å². The van der Waals surface area contributed by atoms with Crippen molar-refractivity contribution in [3.05, 3.63) is 52.8 Å². The number of halogens is 1. The van der Waals surface area contributed by atoms with Gasteiger partial charge in [0.05, 0.1) is 6.54 Å². The zero-order valence-corrected chi connectivity index (χ0v) is 10.2. The van der Waals surface area contributed by atoms with Crippen LogP contribution in [0.1, 0.15) is 11.4 Å². The van der Waals surface area contributed by atoms with Gasteiger partial charge in [0.2, 0.25) is 0 Å². The number of aryl methyl sites for hydroxylation is 1. The highest BCUT2D eigenvalue weighted by molar-refractivity contribution is 6.30. The standard InChI is InChI=1S/C13H13ClN2O/c1-9-5-6-13(17)12(16-9)8-15-11-4-2-3-10(14)7-11/h2-7,15,17H,8H2,1H3. The molecule has 0 spiro atoms. The van der Waals surface area contributed by atoms with Gasteiger partial charge in [-0.05, 0) is 37.3 Å². The number of aromatic nitrogens is 1. The summed E-state index contributed by atoms with van der Waals surface area (Å²) in [6, 6.07) is 10.9. The van der Waals surface area contributed by atoms with E-state index in [1.165, 1.54) is 0 Å². The molecule has 2 rings (SSSR count). The molecule has 0 bridgehead atoms. The van der Waals surface area contributed by atoms with Crippen LogP contribution in [0.5, 0.6) is 5.75 Å². The molecule has 0 saturated carbocycles. The lowest BCUT2D eigenvalue weighted by molar-refractivity contribution is 0.464. The maximum Gasteiger partial charge on any atom is 0.138 e. The second kappa shape index (κ2) is 5.06. The van der Waals surface area contributed by atoms with Crippen LogP contribution in [0.3, 0.4) is 0 Å². The number of aromatic hydroxyl groups is 1. The van der Waals surface area contributed by atoms with E-state index in [2.05, 4.69) is 10.3 Å². The highest BCUT2D eigenvalue weighted by atomic mass is 35.5. The Kier molecular flexibility index (Phi) is 3.49. The third kappa shape index (κ3) is 3.11. The molecule has 0 aliphatic heterocycles. The SMILES string of the molecule is Cc1ccc(O)c(CNc2cccc(Cl)c2)n1. The molecule has 1 aromatic heterocycles. The molecule has 0 atom stereocenters. The third-order valence-electron chi connectivity index (χ3n) is 2.37. The number of nitrogens with one attached hydrogen (secondary N) is 1. The largest absolute Gasteiger partial charge is 0.506 e. The van der Waals surface area contributed by atoms with Gasteiger partial charge in [-0.3, -0.25) is 4.98 Å². The summed E-state index contributed by atoms with van der Waals surface area (Å²) in [6.07, 6.45) is 0. The van der Waals surface area contributed by atoms with Crippen molar-refractivity contribution >= 4 is 17.3 Å². The Hall–Kier alpha value is -1.74. The molecule has 1 aromatic carbocycles. The first-order valence-corrected chi connectivity index (χ1v) is 5.68. The van der Waals surface area contributed by atoms with Crippen LogP contribution in [-0.2, 0) is 6.54 Å². The summed E-state index contributed by atoms with van der Waals surface area (Å²) in [5, 5.41) is 13.5. The number of pyridine rings is 1. The van der Waals surface area contributed by atoms with E-state index in [-0.39, 0.29) is 5.75 Å². The van der Waals surface area contributed by atoms with Crippen molar-refractivity contribution < 1.29 is 5.11 Å². The van der Waals surface area contributed by atoms with Gasteiger partial charge >= 0.3 is 0 Å². The van der Waals surface area contributed by atoms with Crippen molar-refractivity contribution in [1.29, 1.82) is 0 Å². The molecular weight excluding hydrogens is 236 g/mol. The van der Waals surface area contributed by atoms with Crippen LogP contribution in [0.2, 0.25) is 5.02 Å². The Balaban J connectivity index is 2.09. The summed E-state index contributed by atoms with van der Waals surface area (Å²) < 4.78 is 0. The van der Waals surface area contributed by atoms with Gasteiger partial charge in [-0.25, -0.2) is 0 Å². The molecule has 0 unspecified atom stereocenters. The predicted octanol–water partition coefficient (Wildman–Crippen LogP) is 3.36. The van der Waals surface area contributed by atoms with Gasteiger partial charge in [0, 0.05) is 16.4 Å². The predicted molar refractivity (Wildman–Crippen MR) is 69.4 cm³/mol. The van der Waals surface area contributed by atoms with E-state index in [1.807, 2.05) is 31.2 Å². The monoisotopic (exact) mass is 248 g/mol. The van der Waals surface area contributed by atoms with Crippen molar-refractivity contribution in [2.24, 2.45) is 0 Å². The number of benzene rings is 1. The molecule has 0 aliphatic carbocycles. The average Bonchev–Trinajstić information content (AvgIpc) is 2.30. The van der Waals surface area contributed by atoms with Gasteiger partial charge in [-0.15, -0.1) is 0 Å². The zero-order valence-electron chi connectivity index (χ0n) is 9.44. The van der Waals surface area contributed by atoms with Crippen molar-refractivity contribution in [3.8, 4) is 5.75 Å². The lowest BCUT2D eigenvalue weighted by Gasteiger charge is -2.08. The smallest absolute Gasteiger partial charge is 0.138 e. The minimum atomic E-state index is 0.199. The van der Waals surface area contributed by atoms with Crippen LogP contribution < -0.4 is 5.32 Å². The van der Waals surface area contributed by atoms with E-state index in [0.29, 0.717) is 17.3 Å². The first kappa shape index (κ1) is 11.7. The van der Waals surface area contributed by atoms with Gasteiger partial charge in [-0.1, -0.05) is 17.7 Å². The van der Waals surface area contributed by atoms with E-state index in [1.54, 1.807) is 12.1 Å². The quantitative estimate of drug-likeness (QED) is 0.876. The Morgan fingerprint density at radius 1 is 1.29 bits per heavy atom. The number of nitrogens with zero attached hydrogens (tertiary/aromatic N) is 1. The Morgan fingerprint density at radius 3 is 2.88 bits per heavy atom. The summed E-state index contributed by atoms with van der Waals surface area (Å²) in [5.74, 6) is 0.199. The second-order valence-electron chi connectivity index (χ2n) is 3.78. The van der Waals surface area contributed by atoms with E-state index >= 15 is 0 Å². The summed E-state index contributed by atoms with van der Waals surface area (Å²) in [5.41, 5.74) is 2.41. The second-order valence-corrected chi connectivity index (χ2v) is 4.22. The molecule has 0 amide bonds. The minimum Gasteiger partial charge on any atom is -0.506 e. The third-order valence-corrected chi connectivity index (χ3v) is 2.61. The Bertz CT molecular complexity index is 529. The van der Waals surface area contributed by atoms with Crippen molar-refractivity contribution in [1.82, 2.24) is 4.98 Å². The summed E-state index contributed by atoms with van der Waals surface area (Å²) >= 11 is 5.88. The van der Waals surface area contributed by atoms with Crippen molar-refractivity contribution in [2.75, 3.05) is 5.32 Å². The van der Waals surface area contributed by atoms with E-state index in [4.69, 9.17) is 11.6 Å². The first-order valence-electron chi connectivity index (χ1n) is 5.30. The van der Waals surface area contributed by atoms with E-state index in [0.717, 1.165) is 11.4 Å². The van der Waals surface area contributed by atoms with Crippen LogP contribution in [0.4, 0.5) is 5.69 Å². The number of hydrogen-bond acceptors (Lipinski definition) is 3. The van der Waals surface area contributed by atoms with Crippen LogP contribution >= 0.6 is 11.6 Å². The molecule has 0 saturated heterocycles. The van der Waals surface area contributed by atoms with Crippen LogP contribution in [0.15, 0.2) is 36.4 Å². The zero-order chi connectivity index (χ0) is 12.3.